The van der Waals surface area contributed by atoms with Crippen molar-refractivity contribution in [2.45, 2.75) is 13.5 Å². The first-order valence-corrected chi connectivity index (χ1v) is 5.61. The molecule has 0 saturated heterocycles. The lowest BCUT2D eigenvalue weighted by atomic mass is 9.96. The second kappa shape index (κ2) is 4.95. The first-order chi connectivity index (χ1) is 7.83. The number of aryl methyl sites for hydroxylation is 1. The van der Waals surface area contributed by atoms with E-state index in [1.165, 1.54) is 22.3 Å². The van der Waals surface area contributed by atoms with Crippen LogP contribution in [-0.4, -0.2) is 7.05 Å². The summed E-state index contributed by atoms with van der Waals surface area (Å²) in [6, 6.07) is 17.1. The maximum atomic E-state index is 3.21. The van der Waals surface area contributed by atoms with E-state index in [-0.39, 0.29) is 0 Å². The molecule has 0 aromatic heterocycles. The van der Waals surface area contributed by atoms with Gasteiger partial charge in [0, 0.05) is 6.54 Å². The highest BCUT2D eigenvalue weighted by molar-refractivity contribution is 5.70. The van der Waals surface area contributed by atoms with Gasteiger partial charge in [-0.25, -0.2) is 0 Å². The van der Waals surface area contributed by atoms with Crippen LogP contribution in [0.15, 0.2) is 48.5 Å². The van der Waals surface area contributed by atoms with E-state index in [0.717, 1.165) is 6.54 Å². The second-order valence-electron chi connectivity index (χ2n) is 4.00. The van der Waals surface area contributed by atoms with E-state index in [0.29, 0.717) is 0 Å². The molecule has 0 atom stereocenters. The molecule has 0 fully saturated rings. The fourth-order valence-electron chi connectivity index (χ4n) is 2.00. The fourth-order valence-corrected chi connectivity index (χ4v) is 2.00. The predicted molar refractivity (Wildman–Crippen MR) is 69.4 cm³/mol. The van der Waals surface area contributed by atoms with E-state index in [1.54, 1.807) is 0 Å². The average molecular weight is 211 g/mol. The minimum atomic E-state index is 0.907. The van der Waals surface area contributed by atoms with Gasteiger partial charge in [0.15, 0.2) is 0 Å². The van der Waals surface area contributed by atoms with Gasteiger partial charge in [0.2, 0.25) is 0 Å². The standard InChI is InChI=1S/C15H17N/c1-12-7-3-5-9-14(12)15-10-6-4-8-13(15)11-16-2/h3-10,16H,11H2,1-2H3. The zero-order valence-electron chi connectivity index (χ0n) is 9.83. The Morgan fingerprint density at radius 1 is 0.875 bits per heavy atom. The maximum absolute atomic E-state index is 3.21. The SMILES string of the molecule is CNCc1ccccc1-c1ccccc1C. The molecule has 2 aromatic carbocycles. The molecule has 0 spiro atoms. The van der Waals surface area contributed by atoms with E-state index in [2.05, 4.69) is 60.8 Å². The van der Waals surface area contributed by atoms with E-state index in [9.17, 15) is 0 Å². The molecule has 0 saturated carbocycles. The largest absolute Gasteiger partial charge is 0.316 e. The van der Waals surface area contributed by atoms with Gasteiger partial charge in [0.1, 0.15) is 0 Å². The third-order valence-electron chi connectivity index (χ3n) is 2.82. The van der Waals surface area contributed by atoms with Gasteiger partial charge in [-0.15, -0.1) is 0 Å². The molecule has 1 nitrogen and oxygen atoms in total. The van der Waals surface area contributed by atoms with Gasteiger partial charge in [-0.1, -0.05) is 48.5 Å². The fraction of sp³-hybridized carbons (Fsp3) is 0.200. The van der Waals surface area contributed by atoms with Crippen molar-refractivity contribution in [3.8, 4) is 11.1 Å². The summed E-state index contributed by atoms with van der Waals surface area (Å²) in [6.45, 7) is 3.07. The topological polar surface area (TPSA) is 12.0 Å². The predicted octanol–water partition coefficient (Wildman–Crippen LogP) is 3.38. The molecule has 0 bridgehead atoms. The zero-order chi connectivity index (χ0) is 11.4. The summed E-state index contributed by atoms with van der Waals surface area (Å²) in [4.78, 5) is 0. The monoisotopic (exact) mass is 211 g/mol. The van der Waals surface area contributed by atoms with E-state index >= 15 is 0 Å². The van der Waals surface area contributed by atoms with Crippen LogP contribution >= 0.6 is 0 Å². The molecule has 0 aliphatic heterocycles. The van der Waals surface area contributed by atoms with Crippen LogP contribution in [0.1, 0.15) is 11.1 Å². The number of hydrogen-bond donors (Lipinski definition) is 1. The van der Waals surface area contributed by atoms with E-state index in [4.69, 9.17) is 0 Å². The Labute approximate surface area is 97.1 Å². The van der Waals surface area contributed by atoms with Crippen LogP contribution in [0, 0.1) is 6.92 Å². The minimum absolute atomic E-state index is 0.907. The first-order valence-electron chi connectivity index (χ1n) is 5.61. The summed E-state index contributed by atoms with van der Waals surface area (Å²) in [5, 5.41) is 3.21. The lowest BCUT2D eigenvalue weighted by molar-refractivity contribution is 0.819. The molecule has 2 rings (SSSR count). The van der Waals surface area contributed by atoms with Gasteiger partial charge >= 0.3 is 0 Å². The summed E-state index contributed by atoms with van der Waals surface area (Å²) in [5.74, 6) is 0. The van der Waals surface area contributed by atoms with Gasteiger partial charge in [0.25, 0.3) is 0 Å². The van der Waals surface area contributed by atoms with E-state index < -0.39 is 0 Å². The van der Waals surface area contributed by atoms with Crippen LogP contribution in [-0.2, 0) is 6.54 Å². The molecule has 0 amide bonds. The average Bonchev–Trinajstić information content (AvgIpc) is 2.31. The maximum Gasteiger partial charge on any atom is 0.0208 e. The Hall–Kier alpha value is -1.60. The molecular weight excluding hydrogens is 194 g/mol. The minimum Gasteiger partial charge on any atom is -0.316 e. The molecule has 16 heavy (non-hydrogen) atoms. The Balaban J connectivity index is 2.51. The summed E-state index contributed by atoms with van der Waals surface area (Å²) in [5.41, 5.74) is 5.33. The number of benzene rings is 2. The molecule has 2 aromatic rings. The van der Waals surface area contributed by atoms with Gasteiger partial charge in [-0.3, -0.25) is 0 Å². The normalized spacial score (nSPS) is 10.4. The molecule has 0 aliphatic rings. The Bertz CT molecular complexity index is 474. The molecule has 0 radical (unpaired) electrons. The highest BCUT2D eigenvalue weighted by Crippen LogP contribution is 2.26. The van der Waals surface area contributed by atoms with Crippen molar-refractivity contribution in [2.24, 2.45) is 0 Å². The summed E-state index contributed by atoms with van der Waals surface area (Å²) < 4.78 is 0. The van der Waals surface area contributed by atoms with Crippen molar-refractivity contribution in [2.75, 3.05) is 7.05 Å². The van der Waals surface area contributed by atoms with Crippen LogP contribution in [0.3, 0.4) is 0 Å². The molecule has 1 N–H and O–H groups in total. The summed E-state index contributed by atoms with van der Waals surface area (Å²) in [6.07, 6.45) is 0. The molecule has 1 heteroatoms. The van der Waals surface area contributed by atoms with Crippen molar-refractivity contribution in [1.29, 1.82) is 0 Å². The van der Waals surface area contributed by atoms with Gasteiger partial charge in [-0.05, 0) is 36.2 Å². The third kappa shape index (κ3) is 2.15. The molecular formula is C15H17N. The third-order valence-corrected chi connectivity index (χ3v) is 2.82. The van der Waals surface area contributed by atoms with Crippen LogP contribution in [0.2, 0.25) is 0 Å². The Morgan fingerprint density at radius 3 is 2.19 bits per heavy atom. The Morgan fingerprint density at radius 2 is 1.50 bits per heavy atom. The highest BCUT2D eigenvalue weighted by atomic mass is 14.8. The van der Waals surface area contributed by atoms with Crippen molar-refractivity contribution in [3.05, 3.63) is 59.7 Å². The summed E-state index contributed by atoms with van der Waals surface area (Å²) >= 11 is 0. The Kier molecular flexibility index (Phi) is 3.37. The lowest BCUT2D eigenvalue weighted by Crippen LogP contribution is -2.06. The summed E-state index contributed by atoms with van der Waals surface area (Å²) in [7, 11) is 1.98. The van der Waals surface area contributed by atoms with Gasteiger partial charge in [0.05, 0.1) is 0 Å². The lowest BCUT2D eigenvalue weighted by Gasteiger charge is -2.11. The smallest absolute Gasteiger partial charge is 0.0208 e. The molecule has 0 unspecified atom stereocenters. The van der Waals surface area contributed by atoms with Crippen molar-refractivity contribution < 1.29 is 0 Å². The van der Waals surface area contributed by atoms with Crippen molar-refractivity contribution >= 4 is 0 Å². The van der Waals surface area contributed by atoms with Crippen LogP contribution in [0.25, 0.3) is 11.1 Å². The van der Waals surface area contributed by atoms with Crippen molar-refractivity contribution in [3.63, 3.8) is 0 Å². The number of rotatable bonds is 3. The highest BCUT2D eigenvalue weighted by Gasteiger charge is 2.05. The van der Waals surface area contributed by atoms with Crippen LogP contribution in [0.5, 0.6) is 0 Å². The van der Waals surface area contributed by atoms with Crippen LogP contribution < -0.4 is 5.32 Å². The van der Waals surface area contributed by atoms with Crippen molar-refractivity contribution in [1.82, 2.24) is 5.32 Å². The van der Waals surface area contributed by atoms with Crippen LogP contribution in [0.4, 0.5) is 0 Å². The van der Waals surface area contributed by atoms with Gasteiger partial charge < -0.3 is 5.32 Å². The molecule has 0 heterocycles. The first kappa shape index (κ1) is 10.9. The second-order valence-corrected chi connectivity index (χ2v) is 4.00. The number of hydrogen-bond acceptors (Lipinski definition) is 1. The number of nitrogens with one attached hydrogen (secondary N) is 1. The van der Waals surface area contributed by atoms with Gasteiger partial charge in [-0.2, -0.15) is 0 Å². The quantitative estimate of drug-likeness (QED) is 0.820. The van der Waals surface area contributed by atoms with E-state index in [1.807, 2.05) is 7.05 Å². The molecule has 82 valence electrons. The molecule has 0 aliphatic carbocycles. The zero-order valence-corrected chi connectivity index (χ0v) is 9.83.